The predicted molar refractivity (Wildman–Crippen MR) is 122 cm³/mol. The molecule has 1 saturated carbocycles. The van der Waals surface area contributed by atoms with Crippen LogP contribution in [0.2, 0.25) is 0 Å². The summed E-state index contributed by atoms with van der Waals surface area (Å²) in [5, 5.41) is 13.6. The van der Waals surface area contributed by atoms with Crippen molar-refractivity contribution in [1.82, 2.24) is 5.32 Å². The first kappa shape index (κ1) is 23.5. The molecule has 0 saturated heterocycles. The van der Waals surface area contributed by atoms with Gasteiger partial charge in [0.15, 0.2) is 9.84 Å². The first-order chi connectivity index (χ1) is 14.6. The minimum Gasteiger partial charge on any atom is -0.388 e. The third-order valence-corrected chi connectivity index (χ3v) is 8.08. The van der Waals surface area contributed by atoms with E-state index in [0.717, 1.165) is 11.1 Å². The topological polar surface area (TPSA) is 83.5 Å². The number of rotatable bonds is 7. The molecule has 0 heterocycles. The summed E-state index contributed by atoms with van der Waals surface area (Å²) in [6.45, 7) is 5.32. The van der Waals surface area contributed by atoms with Crippen LogP contribution in [-0.4, -0.2) is 30.8 Å². The molecule has 31 heavy (non-hydrogen) atoms. The minimum absolute atomic E-state index is 0.0644. The van der Waals surface area contributed by atoms with Gasteiger partial charge in [0.2, 0.25) is 5.91 Å². The Bertz CT molecular complexity index is 970. The molecule has 6 heteroatoms. The number of benzene rings is 2. The van der Waals surface area contributed by atoms with Crippen molar-refractivity contribution in [1.29, 1.82) is 0 Å². The van der Waals surface area contributed by atoms with E-state index in [0.29, 0.717) is 30.6 Å². The molecule has 0 aliphatic heterocycles. The summed E-state index contributed by atoms with van der Waals surface area (Å²) < 4.78 is 25.5. The molecule has 2 N–H and O–H groups in total. The van der Waals surface area contributed by atoms with Gasteiger partial charge in [0.1, 0.15) is 0 Å². The second-order valence-electron chi connectivity index (χ2n) is 9.32. The Kier molecular flexibility index (Phi) is 7.22. The summed E-state index contributed by atoms with van der Waals surface area (Å²) in [5.41, 5.74) is 0.794. The highest BCUT2D eigenvalue weighted by Gasteiger charge is 2.34. The SMILES string of the molecule is Cc1ccc(S(=O)(=O)CC2CCC(C(=O)N[C@@H](c3ccccc3)C(C)(C)O)CC2)cc1. The minimum atomic E-state index is -3.32. The largest absolute Gasteiger partial charge is 0.388 e. The van der Waals surface area contributed by atoms with Crippen LogP contribution < -0.4 is 5.32 Å². The number of aliphatic hydroxyl groups is 1. The number of carbonyl (C=O) groups excluding carboxylic acids is 1. The van der Waals surface area contributed by atoms with Gasteiger partial charge in [-0.1, -0.05) is 48.0 Å². The van der Waals surface area contributed by atoms with Gasteiger partial charge in [0.25, 0.3) is 0 Å². The molecule has 0 bridgehead atoms. The molecule has 168 valence electrons. The van der Waals surface area contributed by atoms with E-state index in [4.69, 9.17) is 0 Å². The summed E-state index contributed by atoms with van der Waals surface area (Å²) in [6, 6.07) is 16.0. The van der Waals surface area contributed by atoms with Gasteiger partial charge >= 0.3 is 0 Å². The number of hydrogen-bond donors (Lipinski definition) is 2. The molecule has 0 aromatic heterocycles. The molecule has 0 spiro atoms. The molecule has 5 nitrogen and oxygen atoms in total. The number of carbonyl (C=O) groups is 1. The molecule has 2 aromatic carbocycles. The molecule has 3 rings (SSSR count). The number of nitrogens with one attached hydrogen (secondary N) is 1. The van der Waals surface area contributed by atoms with Crippen LogP contribution in [-0.2, 0) is 14.6 Å². The van der Waals surface area contributed by atoms with E-state index < -0.39 is 21.5 Å². The maximum Gasteiger partial charge on any atom is 0.223 e. The highest BCUT2D eigenvalue weighted by atomic mass is 32.2. The average molecular weight is 444 g/mol. The van der Waals surface area contributed by atoms with Crippen LogP contribution >= 0.6 is 0 Å². The van der Waals surface area contributed by atoms with Gasteiger partial charge in [0.05, 0.1) is 22.3 Å². The van der Waals surface area contributed by atoms with Crippen molar-refractivity contribution in [2.45, 2.75) is 63.0 Å². The van der Waals surface area contributed by atoms with Crippen LogP contribution in [0.4, 0.5) is 0 Å². The molecule has 1 atom stereocenters. The van der Waals surface area contributed by atoms with E-state index in [1.807, 2.05) is 49.4 Å². The zero-order valence-corrected chi connectivity index (χ0v) is 19.4. The van der Waals surface area contributed by atoms with E-state index in [9.17, 15) is 18.3 Å². The number of sulfone groups is 1. The van der Waals surface area contributed by atoms with Crippen molar-refractivity contribution in [3.05, 3.63) is 65.7 Å². The van der Waals surface area contributed by atoms with Gasteiger partial charge in [-0.05, 0) is 70.1 Å². The lowest BCUT2D eigenvalue weighted by molar-refractivity contribution is -0.129. The van der Waals surface area contributed by atoms with Crippen LogP contribution in [0.5, 0.6) is 0 Å². The van der Waals surface area contributed by atoms with E-state index in [1.165, 1.54) is 0 Å². The number of hydrogen-bond acceptors (Lipinski definition) is 4. The molecular formula is C25H33NO4S. The maximum absolute atomic E-state index is 12.9. The van der Waals surface area contributed by atoms with Crippen molar-refractivity contribution in [3.8, 4) is 0 Å². The molecule has 0 unspecified atom stereocenters. The lowest BCUT2D eigenvalue weighted by atomic mass is 9.82. The van der Waals surface area contributed by atoms with Crippen LogP contribution in [0.3, 0.4) is 0 Å². The fourth-order valence-electron chi connectivity index (χ4n) is 4.32. The van der Waals surface area contributed by atoms with Crippen molar-refractivity contribution >= 4 is 15.7 Å². The summed E-state index contributed by atoms with van der Waals surface area (Å²) in [6.07, 6.45) is 2.74. The van der Waals surface area contributed by atoms with E-state index >= 15 is 0 Å². The molecule has 0 radical (unpaired) electrons. The van der Waals surface area contributed by atoms with E-state index in [-0.39, 0.29) is 23.5 Å². The van der Waals surface area contributed by atoms with Gasteiger partial charge in [-0.2, -0.15) is 0 Å². The lowest BCUT2D eigenvalue weighted by Gasteiger charge is -2.33. The summed E-state index contributed by atoms with van der Waals surface area (Å²) in [5.74, 6) is -0.0435. The highest BCUT2D eigenvalue weighted by molar-refractivity contribution is 7.91. The Morgan fingerprint density at radius 2 is 1.61 bits per heavy atom. The Morgan fingerprint density at radius 1 is 1.03 bits per heavy atom. The lowest BCUT2D eigenvalue weighted by Crippen LogP contribution is -2.45. The average Bonchev–Trinajstić information content (AvgIpc) is 2.72. The Hall–Kier alpha value is -2.18. The normalized spacial score (nSPS) is 20.8. The fourth-order valence-corrected chi connectivity index (χ4v) is 6.01. The van der Waals surface area contributed by atoms with Crippen molar-refractivity contribution in [2.75, 3.05) is 5.75 Å². The highest BCUT2D eigenvalue weighted by Crippen LogP contribution is 2.33. The molecule has 2 aromatic rings. The smallest absolute Gasteiger partial charge is 0.223 e. The monoisotopic (exact) mass is 443 g/mol. The van der Waals surface area contributed by atoms with Gasteiger partial charge < -0.3 is 10.4 Å². The number of amides is 1. The Labute approximate surface area is 185 Å². The molecular weight excluding hydrogens is 410 g/mol. The van der Waals surface area contributed by atoms with Gasteiger partial charge in [0, 0.05) is 5.92 Å². The predicted octanol–water partition coefficient (Wildman–Crippen LogP) is 4.20. The van der Waals surface area contributed by atoms with Gasteiger partial charge in [-0.15, -0.1) is 0 Å². The van der Waals surface area contributed by atoms with Crippen molar-refractivity contribution < 1.29 is 18.3 Å². The summed E-state index contributed by atoms with van der Waals surface area (Å²) in [7, 11) is -3.32. The quantitative estimate of drug-likeness (QED) is 0.672. The molecule has 1 aliphatic carbocycles. The van der Waals surface area contributed by atoms with Gasteiger partial charge in [-0.25, -0.2) is 8.42 Å². The fraction of sp³-hybridized carbons (Fsp3) is 0.480. The second kappa shape index (κ2) is 9.53. The second-order valence-corrected chi connectivity index (χ2v) is 11.4. The first-order valence-electron chi connectivity index (χ1n) is 10.9. The first-order valence-corrected chi connectivity index (χ1v) is 12.6. The molecule has 1 fully saturated rings. The summed E-state index contributed by atoms with van der Waals surface area (Å²) >= 11 is 0. The standard InChI is InChI=1S/C25H33NO4S/c1-18-9-15-22(16-10-18)31(29,30)17-19-11-13-21(14-12-19)24(27)26-23(25(2,3)28)20-7-5-4-6-8-20/h4-10,15-16,19,21,23,28H,11-14,17H2,1-3H3,(H,26,27)/t19?,21?,23-/m0/s1. The van der Waals surface area contributed by atoms with E-state index in [2.05, 4.69) is 5.32 Å². The zero-order valence-electron chi connectivity index (χ0n) is 18.5. The third kappa shape index (κ3) is 6.17. The molecule has 1 aliphatic rings. The van der Waals surface area contributed by atoms with Gasteiger partial charge in [-0.3, -0.25) is 4.79 Å². The van der Waals surface area contributed by atoms with Crippen LogP contribution in [0.25, 0.3) is 0 Å². The zero-order chi connectivity index (χ0) is 22.6. The molecule has 1 amide bonds. The van der Waals surface area contributed by atoms with Crippen molar-refractivity contribution in [3.63, 3.8) is 0 Å². The van der Waals surface area contributed by atoms with Crippen LogP contribution in [0.1, 0.15) is 56.7 Å². The number of aryl methyl sites for hydroxylation is 1. The Balaban J connectivity index is 1.58. The third-order valence-electron chi connectivity index (χ3n) is 6.18. The maximum atomic E-state index is 12.9. The van der Waals surface area contributed by atoms with Crippen LogP contribution in [0, 0.1) is 18.8 Å². The Morgan fingerprint density at radius 3 is 2.16 bits per heavy atom. The van der Waals surface area contributed by atoms with Crippen LogP contribution in [0.15, 0.2) is 59.5 Å². The van der Waals surface area contributed by atoms with Crippen molar-refractivity contribution in [2.24, 2.45) is 11.8 Å². The summed E-state index contributed by atoms with van der Waals surface area (Å²) in [4.78, 5) is 13.3. The van der Waals surface area contributed by atoms with E-state index in [1.54, 1.807) is 26.0 Å².